The highest BCUT2D eigenvalue weighted by Crippen LogP contribution is 2.48. The van der Waals surface area contributed by atoms with Gasteiger partial charge < -0.3 is 5.32 Å². The number of carbonyl (C=O) groups is 1. The minimum Gasteiger partial charge on any atom is -0.352 e. The van der Waals surface area contributed by atoms with Crippen LogP contribution in [-0.4, -0.2) is 5.91 Å². The zero-order valence-corrected chi connectivity index (χ0v) is 11.0. The number of rotatable bonds is 3. The van der Waals surface area contributed by atoms with Crippen LogP contribution in [0.2, 0.25) is 0 Å². The first-order valence-corrected chi connectivity index (χ1v) is 7.06. The molecule has 2 fully saturated rings. The predicted molar refractivity (Wildman–Crippen MR) is 72.0 cm³/mol. The van der Waals surface area contributed by atoms with Crippen LogP contribution in [0.15, 0.2) is 24.3 Å². The number of amides is 1. The Morgan fingerprint density at radius 2 is 2.11 bits per heavy atom. The van der Waals surface area contributed by atoms with Gasteiger partial charge in [0.1, 0.15) is 0 Å². The van der Waals surface area contributed by atoms with Crippen molar-refractivity contribution in [3.05, 3.63) is 35.4 Å². The number of hydrogen-bond acceptors (Lipinski definition) is 1. The summed E-state index contributed by atoms with van der Waals surface area (Å²) in [4.78, 5) is 12.2. The second-order valence-electron chi connectivity index (χ2n) is 5.93. The molecule has 0 unspecified atom stereocenters. The Labute approximate surface area is 109 Å². The van der Waals surface area contributed by atoms with Gasteiger partial charge in [0, 0.05) is 12.5 Å². The summed E-state index contributed by atoms with van der Waals surface area (Å²) in [5, 5.41) is 3.13. The lowest BCUT2D eigenvalue weighted by molar-refractivity contribution is -0.126. The SMILES string of the molecule is Cc1ccccc1CNC(=O)[C@@H]1C[C@H]2CC[C@H]1C2. The van der Waals surface area contributed by atoms with Gasteiger partial charge in [-0.05, 0) is 49.1 Å². The van der Waals surface area contributed by atoms with Crippen LogP contribution in [0.1, 0.15) is 36.8 Å². The van der Waals surface area contributed by atoms with E-state index < -0.39 is 0 Å². The Bertz CT molecular complexity index is 454. The van der Waals surface area contributed by atoms with E-state index in [9.17, 15) is 4.79 Å². The molecule has 0 heterocycles. The maximum atomic E-state index is 12.2. The molecular weight excluding hydrogens is 222 g/mol. The second-order valence-corrected chi connectivity index (χ2v) is 5.93. The fourth-order valence-electron chi connectivity index (χ4n) is 3.69. The van der Waals surface area contributed by atoms with Crippen LogP contribution < -0.4 is 5.32 Å². The molecule has 0 aromatic heterocycles. The van der Waals surface area contributed by atoms with Crippen LogP contribution in [0.3, 0.4) is 0 Å². The summed E-state index contributed by atoms with van der Waals surface area (Å²) in [5.74, 6) is 2.09. The largest absolute Gasteiger partial charge is 0.352 e. The van der Waals surface area contributed by atoms with E-state index in [0.29, 0.717) is 18.4 Å². The molecule has 2 aliphatic rings. The maximum absolute atomic E-state index is 12.2. The molecule has 2 aliphatic carbocycles. The van der Waals surface area contributed by atoms with E-state index >= 15 is 0 Å². The van der Waals surface area contributed by atoms with Gasteiger partial charge in [-0.3, -0.25) is 4.79 Å². The van der Waals surface area contributed by atoms with Crippen molar-refractivity contribution in [1.29, 1.82) is 0 Å². The molecule has 2 saturated carbocycles. The van der Waals surface area contributed by atoms with Gasteiger partial charge in [0.25, 0.3) is 0 Å². The monoisotopic (exact) mass is 243 g/mol. The lowest BCUT2D eigenvalue weighted by Gasteiger charge is -2.21. The number of hydrogen-bond donors (Lipinski definition) is 1. The van der Waals surface area contributed by atoms with Crippen LogP contribution in [0.4, 0.5) is 0 Å². The van der Waals surface area contributed by atoms with Crippen LogP contribution in [0, 0.1) is 24.7 Å². The third-order valence-electron chi connectivity index (χ3n) is 4.79. The molecule has 2 nitrogen and oxygen atoms in total. The van der Waals surface area contributed by atoms with Gasteiger partial charge in [0.15, 0.2) is 0 Å². The van der Waals surface area contributed by atoms with Crippen LogP contribution in [0.25, 0.3) is 0 Å². The van der Waals surface area contributed by atoms with E-state index in [0.717, 1.165) is 12.3 Å². The molecule has 3 rings (SSSR count). The van der Waals surface area contributed by atoms with Crippen molar-refractivity contribution in [2.24, 2.45) is 17.8 Å². The van der Waals surface area contributed by atoms with Crippen molar-refractivity contribution < 1.29 is 4.79 Å². The second kappa shape index (κ2) is 4.75. The molecule has 3 atom stereocenters. The van der Waals surface area contributed by atoms with E-state index in [1.807, 2.05) is 12.1 Å². The van der Waals surface area contributed by atoms with E-state index in [2.05, 4.69) is 24.4 Å². The standard InChI is InChI=1S/C16H21NO/c1-11-4-2-3-5-14(11)10-17-16(18)15-9-12-6-7-13(15)8-12/h2-5,12-13,15H,6-10H2,1H3,(H,17,18)/t12-,13-,15+/m0/s1. The third kappa shape index (κ3) is 2.16. The number of aryl methyl sites for hydroxylation is 1. The van der Waals surface area contributed by atoms with Crippen molar-refractivity contribution in [2.75, 3.05) is 0 Å². The Kier molecular flexibility index (Phi) is 3.11. The molecular formula is C16H21NO. The van der Waals surface area contributed by atoms with Gasteiger partial charge in [0.2, 0.25) is 5.91 Å². The number of carbonyl (C=O) groups excluding carboxylic acids is 1. The Balaban J connectivity index is 1.58. The van der Waals surface area contributed by atoms with Crippen molar-refractivity contribution in [3.8, 4) is 0 Å². The maximum Gasteiger partial charge on any atom is 0.223 e. The molecule has 2 bridgehead atoms. The Hall–Kier alpha value is -1.31. The summed E-state index contributed by atoms with van der Waals surface area (Å²) in [7, 11) is 0. The van der Waals surface area contributed by atoms with Gasteiger partial charge in [-0.1, -0.05) is 30.7 Å². The molecule has 0 aliphatic heterocycles. The van der Waals surface area contributed by atoms with Crippen LogP contribution in [-0.2, 0) is 11.3 Å². The topological polar surface area (TPSA) is 29.1 Å². The Morgan fingerprint density at radius 1 is 1.28 bits per heavy atom. The highest BCUT2D eigenvalue weighted by atomic mass is 16.1. The number of fused-ring (bicyclic) bond motifs is 2. The summed E-state index contributed by atoms with van der Waals surface area (Å²) in [5.41, 5.74) is 2.49. The van der Waals surface area contributed by atoms with Gasteiger partial charge in [-0.2, -0.15) is 0 Å². The highest BCUT2D eigenvalue weighted by molar-refractivity contribution is 5.79. The van der Waals surface area contributed by atoms with Crippen LogP contribution in [0.5, 0.6) is 0 Å². The zero-order chi connectivity index (χ0) is 12.5. The highest BCUT2D eigenvalue weighted by Gasteiger charge is 2.42. The van der Waals surface area contributed by atoms with Crippen molar-refractivity contribution in [1.82, 2.24) is 5.32 Å². The van der Waals surface area contributed by atoms with Gasteiger partial charge in [-0.15, -0.1) is 0 Å². The molecule has 0 radical (unpaired) electrons. The number of benzene rings is 1. The van der Waals surface area contributed by atoms with E-state index in [-0.39, 0.29) is 5.91 Å². The average Bonchev–Trinajstić information content (AvgIpc) is 2.99. The summed E-state index contributed by atoms with van der Waals surface area (Å²) >= 11 is 0. The molecule has 18 heavy (non-hydrogen) atoms. The first kappa shape index (κ1) is 11.8. The van der Waals surface area contributed by atoms with Gasteiger partial charge in [0.05, 0.1) is 0 Å². The Morgan fingerprint density at radius 3 is 2.78 bits per heavy atom. The van der Waals surface area contributed by atoms with E-state index in [1.165, 1.54) is 30.4 Å². The molecule has 1 aromatic carbocycles. The normalized spacial score (nSPS) is 29.5. The molecule has 1 amide bonds. The number of nitrogens with one attached hydrogen (secondary N) is 1. The fourth-order valence-corrected chi connectivity index (χ4v) is 3.69. The minimum absolute atomic E-state index is 0.283. The molecule has 1 aromatic rings. The molecule has 2 heteroatoms. The summed E-state index contributed by atoms with van der Waals surface area (Å²) < 4.78 is 0. The smallest absolute Gasteiger partial charge is 0.223 e. The summed E-state index contributed by atoms with van der Waals surface area (Å²) in [6.45, 7) is 2.78. The summed E-state index contributed by atoms with van der Waals surface area (Å²) in [6.07, 6.45) is 5.05. The molecule has 96 valence electrons. The quantitative estimate of drug-likeness (QED) is 0.868. The van der Waals surface area contributed by atoms with E-state index in [4.69, 9.17) is 0 Å². The van der Waals surface area contributed by atoms with Crippen molar-refractivity contribution >= 4 is 5.91 Å². The first-order valence-electron chi connectivity index (χ1n) is 7.06. The van der Waals surface area contributed by atoms with Crippen molar-refractivity contribution in [2.45, 2.75) is 39.2 Å². The lowest BCUT2D eigenvalue weighted by Crippen LogP contribution is -2.33. The fraction of sp³-hybridized carbons (Fsp3) is 0.562. The minimum atomic E-state index is 0.283. The van der Waals surface area contributed by atoms with Crippen molar-refractivity contribution in [3.63, 3.8) is 0 Å². The zero-order valence-electron chi connectivity index (χ0n) is 11.0. The predicted octanol–water partition coefficient (Wildman–Crippen LogP) is 3.05. The molecule has 1 N–H and O–H groups in total. The average molecular weight is 243 g/mol. The molecule has 0 saturated heterocycles. The van der Waals surface area contributed by atoms with E-state index in [1.54, 1.807) is 0 Å². The lowest BCUT2D eigenvalue weighted by atomic mass is 9.88. The molecule has 0 spiro atoms. The van der Waals surface area contributed by atoms with Gasteiger partial charge >= 0.3 is 0 Å². The van der Waals surface area contributed by atoms with Crippen LogP contribution >= 0.6 is 0 Å². The first-order chi connectivity index (χ1) is 8.74. The summed E-state index contributed by atoms with van der Waals surface area (Å²) in [6, 6.07) is 8.26. The van der Waals surface area contributed by atoms with Gasteiger partial charge in [-0.25, -0.2) is 0 Å². The third-order valence-corrected chi connectivity index (χ3v) is 4.79.